The molecular formula is C11H16N4. The van der Waals surface area contributed by atoms with Gasteiger partial charge in [0.25, 0.3) is 0 Å². The number of amidine groups is 1. The van der Waals surface area contributed by atoms with Gasteiger partial charge in [-0.1, -0.05) is 12.5 Å². The number of aromatic nitrogens is 1. The number of hydrogen-bond acceptors (Lipinski definition) is 4. The van der Waals surface area contributed by atoms with Crippen LogP contribution in [-0.4, -0.2) is 17.4 Å². The molecule has 1 aromatic heterocycles. The van der Waals surface area contributed by atoms with E-state index in [-0.39, 0.29) is 0 Å². The molecule has 0 bridgehead atoms. The Kier molecular flexibility index (Phi) is 3.54. The lowest BCUT2D eigenvalue weighted by molar-refractivity contribution is 0.729. The van der Waals surface area contributed by atoms with E-state index in [1.54, 1.807) is 6.20 Å². The van der Waals surface area contributed by atoms with Crippen LogP contribution in [0.2, 0.25) is 0 Å². The molecular weight excluding hydrogens is 188 g/mol. The van der Waals surface area contributed by atoms with Crippen molar-refractivity contribution in [3.63, 3.8) is 0 Å². The van der Waals surface area contributed by atoms with Crippen LogP contribution < -0.4 is 10.9 Å². The number of hydrogen-bond donors (Lipinski definition) is 2. The molecule has 0 saturated carbocycles. The normalized spacial score (nSPS) is 16.4. The van der Waals surface area contributed by atoms with E-state index in [2.05, 4.69) is 20.8 Å². The smallest absolute Gasteiger partial charge is 0.144 e. The Morgan fingerprint density at radius 1 is 1.07 bits per heavy atom. The van der Waals surface area contributed by atoms with Crippen molar-refractivity contribution in [1.82, 2.24) is 10.4 Å². The second-order valence-electron chi connectivity index (χ2n) is 3.60. The monoisotopic (exact) mass is 204 g/mol. The van der Waals surface area contributed by atoms with Gasteiger partial charge in [0.15, 0.2) is 0 Å². The van der Waals surface area contributed by atoms with Gasteiger partial charge in [0.1, 0.15) is 11.7 Å². The van der Waals surface area contributed by atoms with E-state index >= 15 is 0 Å². The highest BCUT2D eigenvalue weighted by molar-refractivity contribution is 5.83. The lowest BCUT2D eigenvalue weighted by Gasteiger charge is -2.09. The molecule has 0 aliphatic carbocycles. The van der Waals surface area contributed by atoms with Crippen molar-refractivity contribution in [2.45, 2.75) is 25.7 Å². The van der Waals surface area contributed by atoms with E-state index in [0.29, 0.717) is 0 Å². The standard InChI is InChI=1S/C11H16N4/c1-2-6-10(12-8-4-1)14-15-11-7-3-5-9-13-11/h3,5,7,9H,1-2,4,6,8H2,(H,12,14)(H,13,15). The maximum atomic E-state index is 4.45. The summed E-state index contributed by atoms with van der Waals surface area (Å²) in [6, 6.07) is 5.77. The Labute approximate surface area is 89.8 Å². The summed E-state index contributed by atoms with van der Waals surface area (Å²) < 4.78 is 0. The van der Waals surface area contributed by atoms with Crippen molar-refractivity contribution in [1.29, 1.82) is 0 Å². The second kappa shape index (κ2) is 5.34. The van der Waals surface area contributed by atoms with E-state index in [9.17, 15) is 0 Å². The van der Waals surface area contributed by atoms with Gasteiger partial charge >= 0.3 is 0 Å². The Morgan fingerprint density at radius 3 is 2.93 bits per heavy atom. The van der Waals surface area contributed by atoms with E-state index in [4.69, 9.17) is 0 Å². The molecule has 2 rings (SSSR count). The van der Waals surface area contributed by atoms with E-state index in [1.807, 2.05) is 18.2 Å². The Balaban J connectivity index is 1.84. The maximum Gasteiger partial charge on any atom is 0.144 e. The number of aliphatic imine (C=N–C) groups is 1. The van der Waals surface area contributed by atoms with Crippen LogP contribution in [0.4, 0.5) is 5.82 Å². The van der Waals surface area contributed by atoms with Crippen LogP contribution in [0.5, 0.6) is 0 Å². The fourth-order valence-electron chi connectivity index (χ4n) is 1.55. The summed E-state index contributed by atoms with van der Waals surface area (Å²) in [6.07, 6.45) is 6.49. The summed E-state index contributed by atoms with van der Waals surface area (Å²) in [4.78, 5) is 8.61. The summed E-state index contributed by atoms with van der Waals surface area (Å²) in [7, 11) is 0. The quantitative estimate of drug-likeness (QED) is 0.724. The van der Waals surface area contributed by atoms with E-state index in [0.717, 1.165) is 24.6 Å². The molecule has 0 unspecified atom stereocenters. The summed E-state index contributed by atoms with van der Waals surface area (Å²) >= 11 is 0. The minimum absolute atomic E-state index is 0.824. The molecule has 4 nitrogen and oxygen atoms in total. The molecule has 0 spiro atoms. The average molecular weight is 204 g/mol. The summed E-state index contributed by atoms with van der Waals surface area (Å²) in [5, 5.41) is 0. The van der Waals surface area contributed by atoms with Crippen LogP contribution in [0.25, 0.3) is 0 Å². The third-order valence-electron chi connectivity index (χ3n) is 2.37. The minimum atomic E-state index is 0.824. The molecule has 15 heavy (non-hydrogen) atoms. The lowest BCUT2D eigenvalue weighted by Crippen LogP contribution is -2.29. The number of hydrazine groups is 1. The largest absolute Gasteiger partial charge is 0.287 e. The Hall–Kier alpha value is -1.58. The molecule has 0 amide bonds. The number of pyridine rings is 1. The summed E-state index contributed by atoms with van der Waals surface area (Å²) in [5.41, 5.74) is 6.17. The van der Waals surface area contributed by atoms with E-state index < -0.39 is 0 Å². The predicted molar refractivity (Wildman–Crippen MR) is 61.8 cm³/mol. The van der Waals surface area contributed by atoms with Crippen molar-refractivity contribution in [3.8, 4) is 0 Å². The fraction of sp³-hybridized carbons (Fsp3) is 0.455. The van der Waals surface area contributed by atoms with Gasteiger partial charge in [-0.3, -0.25) is 15.8 Å². The van der Waals surface area contributed by atoms with Crippen molar-refractivity contribution >= 4 is 11.7 Å². The van der Waals surface area contributed by atoms with Gasteiger partial charge in [-0.15, -0.1) is 0 Å². The Bertz CT molecular complexity index is 321. The van der Waals surface area contributed by atoms with Crippen LogP contribution in [0.1, 0.15) is 25.7 Å². The van der Waals surface area contributed by atoms with Crippen LogP contribution in [0.15, 0.2) is 29.4 Å². The first-order valence-electron chi connectivity index (χ1n) is 5.41. The van der Waals surface area contributed by atoms with Crippen molar-refractivity contribution in [2.24, 2.45) is 4.99 Å². The Morgan fingerprint density at radius 2 is 2.07 bits per heavy atom. The van der Waals surface area contributed by atoms with Crippen LogP contribution in [-0.2, 0) is 0 Å². The van der Waals surface area contributed by atoms with Gasteiger partial charge in [0.05, 0.1) is 0 Å². The zero-order chi connectivity index (χ0) is 10.3. The van der Waals surface area contributed by atoms with Crippen LogP contribution >= 0.6 is 0 Å². The molecule has 0 fully saturated rings. The summed E-state index contributed by atoms with van der Waals surface area (Å²) in [6.45, 7) is 0.937. The highest BCUT2D eigenvalue weighted by Gasteiger charge is 2.02. The minimum Gasteiger partial charge on any atom is -0.287 e. The van der Waals surface area contributed by atoms with Crippen LogP contribution in [0.3, 0.4) is 0 Å². The number of nitrogens with zero attached hydrogens (tertiary/aromatic N) is 2. The molecule has 2 N–H and O–H groups in total. The van der Waals surface area contributed by atoms with Gasteiger partial charge in [0.2, 0.25) is 0 Å². The maximum absolute atomic E-state index is 4.45. The molecule has 0 radical (unpaired) electrons. The molecule has 0 aromatic carbocycles. The zero-order valence-corrected chi connectivity index (χ0v) is 8.74. The van der Waals surface area contributed by atoms with Gasteiger partial charge in [0, 0.05) is 19.2 Å². The molecule has 4 heteroatoms. The van der Waals surface area contributed by atoms with Gasteiger partial charge < -0.3 is 0 Å². The molecule has 0 atom stereocenters. The number of anilines is 1. The second-order valence-corrected chi connectivity index (χ2v) is 3.60. The van der Waals surface area contributed by atoms with Crippen molar-refractivity contribution in [2.75, 3.05) is 12.0 Å². The third kappa shape index (κ3) is 3.23. The number of rotatable bonds is 2. The van der Waals surface area contributed by atoms with Crippen LogP contribution in [0, 0.1) is 0 Å². The average Bonchev–Trinajstić information content (AvgIpc) is 2.56. The molecule has 1 aromatic rings. The van der Waals surface area contributed by atoms with Gasteiger partial charge in [-0.2, -0.15) is 0 Å². The van der Waals surface area contributed by atoms with Crippen molar-refractivity contribution in [3.05, 3.63) is 24.4 Å². The molecule has 1 aliphatic heterocycles. The highest BCUT2D eigenvalue weighted by atomic mass is 15.4. The fourth-order valence-corrected chi connectivity index (χ4v) is 1.55. The first-order chi connectivity index (χ1) is 7.45. The molecule has 0 saturated heterocycles. The zero-order valence-electron chi connectivity index (χ0n) is 8.74. The predicted octanol–water partition coefficient (Wildman–Crippen LogP) is 1.97. The van der Waals surface area contributed by atoms with Gasteiger partial charge in [-0.05, 0) is 25.0 Å². The van der Waals surface area contributed by atoms with Crippen molar-refractivity contribution < 1.29 is 0 Å². The lowest BCUT2D eigenvalue weighted by atomic mass is 10.2. The highest BCUT2D eigenvalue weighted by Crippen LogP contribution is 2.06. The first kappa shape index (κ1) is 9.96. The van der Waals surface area contributed by atoms with E-state index in [1.165, 1.54) is 19.3 Å². The van der Waals surface area contributed by atoms with Gasteiger partial charge in [-0.25, -0.2) is 4.98 Å². The molecule has 2 heterocycles. The third-order valence-corrected chi connectivity index (χ3v) is 2.37. The topological polar surface area (TPSA) is 49.3 Å². The molecule has 80 valence electrons. The first-order valence-corrected chi connectivity index (χ1v) is 5.41. The molecule has 1 aliphatic rings. The SMILES string of the molecule is c1ccc(NNC2=NCCCCC2)nc1. The number of nitrogens with one attached hydrogen (secondary N) is 2. The summed E-state index contributed by atoms with van der Waals surface area (Å²) in [5.74, 6) is 1.86.